The molecule has 142 valence electrons. The highest BCUT2D eigenvalue weighted by Gasteiger charge is 2.61. The Bertz CT molecular complexity index is 507. The van der Waals surface area contributed by atoms with Crippen molar-refractivity contribution in [1.29, 1.82) is 0 Å². The number of rotatable bonds is 7. The maximum absolute atomic E-state index is 12.5. The van der Waals surface area contributed by atoms with Crippen molar-refractivity contribution in [3.63, 3.8) is 0 Å². The van der Waals surface area contributed by atoms with Crippen molar-refractivity contribution in [2.75, 3.05) is 66.1 Å². The maximum Gasteiger partial charge on any atom is 0.313 e. The Labute approximate surface area is 149 Å². The second-order valence-corrected chi connectivity index (χ2v) is 7.84. The van der Waals surface area contributed by atoms with Crippen LogP contribution in [0.25, 0.3) is 0 Å². The van der Waals surface area contributed by atoms with Crippen molar-refractivity contribution >= 4 is 11.9 Å². The molecule has 0 aromatic heterocycles. The van der Waals surface area contributed by atoms with Gasteiger partial charge in [-0.3, -0.25) is 9.59 Å². The zero-order chi connectivity index (χ0) is 18.0. The summed E-state index contributed by atoms with van der Waals surface area (Å²) < 4.78 is 5.14. The van der Waals surface area contributed by atoms with Crippen LogP contribution in [0.4, 0.5) is 0 Å². The molecular formula is C18H31N3O4. The van der Waals surface area contributed by atoms with Crippen molar-refractivity contribution in [1.82, 2.24) is 14.7 Å². The minimum absolute atomic E-state index is 0.0294. The summed E-state index contributed by atoms with van der Waals surface area (Å²) in [7, 11) is 1.73. The van der Waals surface area contributed by atoms with Crippen LogP contribution in [0.15, 0.2) is 0 Å². The van der Waals surface area contributed by atoms with Gasteiger partial charge in [-0.1, -0.05) is 0 Å². The Hall–Kier alpha value is -1.18. The van der Waals surface area contributed by atoms with Crippen molar-refractivity contribution < 1.29 is 19.4 Å². The summed E-state index contributed by atoms with van der Waals surface area (Å²) in [5.41, 5.74) is -0.897. The van der Waals surface area contributed by atoms with Gasteiger partial charge in [0.05, 0.1) is 12.5 Å². The molecule has 7 nitrogen and oxygen atoms in total. The van der Waals surface area contributed by atoms with Crippen LogP contribution < -0.4 is 0 Å². The number of hydrogen-bond donors (Lipinski definition) is 1. The van der Waals surface area contributed by atoms with Gasteiger partial charge in [-0.2, -0.15) is 0 Å². The molecule has 0 aliphatic carbocycles. The normalized spacial score (nSPS) is 31.7. The lowest BCUT2D eigenvalue weighted by atomic mass is 9.81. The predicted molar refractivity (Wildman–Crippen MR) is 93.3 cm³/mol. The number of likely N-dealkylation sites (tertiary alicyclic amines) is 3. The first-order valence-corrected chi connectivity index (χ1v) is 9.46. The van der Waals surface area contributed by atoms with Gasteiger partial charge in [-0.25, -0.2) is 0 Å². The van der Waals surface area contributed by atoms with Gasteiger partial charge in [-0.05, 0) is 38.8 Å². The van der Waals surface area contributed by atoms with Crippen LogP contribution >= 0.6 is 0 Å². The van der Waals surface area contributed by atoms with E-state index in [0.717, 1.165) is 45.6 Å². The summed E-state index contributed by atoms with van der Waals surface area (Å²) in [5, 5.41) is 9.82. The molecule has 3 fully saturated rings. The molecule has 3 aliphatic rings. The van der Waals surface area contributed by atoms with E-state index in [1.165, 1.54) is 0 Å². The zero-order valence-corrected chi connectivity index (χ0v) is 15.4. The van der Waals surface area contributed by atoms with Gasteiger partial charge in [0.15, 0.2) is 0 Å². The summed E-state index contributed by atoms with van der Waals surface area (Å²) >= 11 is 0. The highest BCUT2D eigenvalue weighted by Crippen LogP contribution is 2.44. The van der Waals surface area contributed by atoms with Crippen molar-refractivity contribution in [3.05, 3.63) is 0 Å². The standard InChI is InChI=1S/C18H31N3O4/c1-3-21-13-18(17(23)24)12-20(11-15(18)16(21)22)10-14-4-6-19(7-5-14)8-9-25-2/h14-15H,3-13H2,1-2H3,(H,23,24)/t15?,18-/m0/s1. The van der Waals surface area contributed by atoms with Gasteiger partial charge in [0.1, 0.15) is 5.41 Å². The lowest BCUT2D eigenvalue weighted by Crippen LogP contribution is -2.43. The topological polar surface area (TPSA) is 73.3 Å². The Morgan fingerprint density at radius 3 is 2.56 bits per heavy atom. The highest BCUT2D eigenvalue weighted by molar-refractivity contribution is 5.92. The number of nitrogens with zero attached hydrogens (tertiary/aromatic N) is 3. The highest BCUT2D eigenvalue weighted by atomic mass is 16.5. The van der Waals surface area contributed by atoms with Crippen molar-refractivity contribution in [2.45, 2.75) is 19.8 Å². The number of piperidine rings is 1. The number of ether oxygens (including phenoxy) is 1. The molecule has 3 saturated heterocycles. The van der Waals surface area contributed by atoms with Crippen molar-refractivity contribution in [2.24, 2.45) is 17.3 Å². The van der Waals surface area contributed by atoms with E-state index in [1.54, 1.807) is 12.0 Å². The zero-order valence-electron chi connectivity index (χ0n) is 15.4. The van der Waals surface area contributed by atoms with E-state index in [2.05, 4.69) is 9.80 Å². The molecule has 0 aromatic rings. The Morgan fingerprint density at radius 2 is 2.00 bits per heavy atom. The van der Waals surface area contributed by atoms with Crippen LogP contribution in [0.5, 0.6) is 0 Å². The second-order valence-electron chi connectivity index (χ2n) is 7.84. The van der Waals surface area contributed by atoms with Crippen LogP contribution in [0, 0.1) is 17.3 Å². The minimum Gasteiger partial charge on any atom is -0.481 e. The SMILES string of the molecule is CCN1C[C@@]2(C(=O)O)CN(CC3CCN(CCOC)CC3)CC2C1=O. The Morgan fingerprint density at radius 1 is 1.28 bits per heavy atom. The third-order valence-corrected chi connectivity index (χ3v) is 6.34. The third kappa shape index (κ3) is 3.55. The van der Waals surface area contributed by atoms with Crippen LogP contribution in [-0.4, -0.2) is 97.8 Å². The number of hydrogen-bond acceptors (Lipinski definition) is 5. The summed E-state index contributed by atoms with van der Waals surface area (Å²) in [6, 6.07) is 0. The van der Waals surface area contributed by atoms with Crippen molar-refractivity contribution in [3.8, 4) is 0 Å². The number of carboxylic acid groups (broad SMARTS) is 1. The molecule has 0 radical (unpaired) electrons. The van der Waals surface area contributed by atoms with Crippen LogP contribution in [0.3, 0.4) is 0 Å². The van der Waals surface area contributed by atoms with Gasteiger partial charge < -0.3 is 24.5 Å². The average molecular weight is 353 g/mol. The second kappa shape index (κ2) is 7.60. The lowest BCUT2D eigenvalue weighted by molar-refractivity contribution is -0.149. The number of carboxylic acids is 1. The fourth-order valence-corrected chi connectivity index (χ4v) is 4.79. The summed E-state index contributed by atoms with van der Waals surface area (Å²) in [6.45, 7) is 8.85. The largest absolute Gasteiger partial charge is 0.481 e. The molecule has 25 heavy (non-hydrogen) atoms. The van der Waals surface area contributed by atoms with E-state index in [1.807, 2.05) is 6.92 Å². The first-order valence-electron chi connectivity index (χ1n) is 9.46. The monoisotopic (exact) mass is 353 g/mol. The van der Waals surface area contributed by atoms with E-state index >= 15 is 0 Å². The first-order chi connectivity index (χ1) is 12.0. The number of carbonyl (C=O) groups is 2. The molecule has 3 rings (SSSR count). The van der Waals surface area contributed by atoms with Gasteiger partial charge in [0, 0.05) is 46.4 Å². The first kappa shape index (κ1) is 18.6. The average Bonchev–Trinajstić information content (AvgIpc) is 3.09. The lowest BCUT2D eigenvalue weighted by Gasteiger charge is -2.34. The molecule has 3 heterocycles. The van der Waals surface area contributed by atoms with Crippen LogP contribution in [0.1, 0.15) is 19.8 Å². The molecule has 0 bridgehead atoms. The molecule has 0 aromatic carbocycles. The molecule has 1 amide bonds. The molecule has 7 heteroatoms. The van der Waals surface area contributed by atoms with Crippen LogP contribution in [-0.2, 0) is 14.3 Å². The Kier molecular flexibility index (Phi) is 5.65. The number of carbonyl (C=O) groups excluding carboxylic acids is 1. The van der Waals surface area contributed by atoms with E-state index in [9.17, 15) is 14.7 Å². The third-order valence-electron chi connectivity index (χ3n) is 6.34. The number of methoxy groups -OCH3 is 1. The molecular weight excluding hydrogens is 322 g/mol. The molecule has 1 N–H and O–H groups in total. The van der Waals surface area contributed by atoms with Gasteiger partial charge in [0.2, 0.25) is 5.91 Å². The van der Waals surface area contributed by atoms with Gasteiger partial charge in [0.25, 0.3) is 0 Å². The summed E-state index contributed by atoms with van der Waals surface area (Å²) in [5.74, 6) is -0.548. The molecule has 1 unspecified atom stereocenters. The van der Waals surface area contributed by atoms with E-state index < -0.39 is 11.4 Å². The Balaban J connectivity index is 1.55. The molecule has 2 atom stereocenters. The van der Waals surface area contributed by atoms with Gasteiger partial charge in [-0.15, -0.1) is 0 Å². The maximum atomic E-state index is 12.5. The number of fused-ring (bicyclic) bond motifs is 1. The molecule has 0 spiro atoms. The summed E-state index contributed by atoms with van der Waals surface area (Å²) in [6.07, 6.45) is 2.28. The smallest absolute Gasteiger partial charge is 0.313 e. The van der Waals surface area contributed by atoms with E-state index in [0.29, 0.717) is 32.1 Å². The minimum atomic E-state index is -0.897. The van der Waals surface area contributed by atoms with E-state index in [4.69, 9.17) is 4.74 Å². The van der Waals surface area contributed by atoms with E-state index in [-0.39, 0.29) is 11.8 Å². The summed E-state index contributed by atoms with van der Waals surface area (Å²) in [4.78, 5) is 30.9. The fraction of sp³-hybridized carbons (Fsp3) is 0.889. The molecule has 0 saturated carbocycles. The quantitative estimate of drug-likeness (QED) is 0.705. The van der Waals surface area contributed by atoms with Gasteiger partial charge >= 0.3 is 5.97 Å². The number of aliphatic carboxylic acids is 1. The number of amides is 1. The van der Waals surface area contributed by atoms with Crippen LogP contribution in [0.2, 0.25) is 0 Å². The molecule has 3 aliphatic heterocycles. The predicted octanol–water partition coefficient (Wildman–Crippen LogP) is 0.210. The fourth-order valence-electron chi connectivity index (χ4n) is 4.79.